The Morgan fingerprint density at radius 2 is 1.50 bits per heavy atom. The van der Waals surface area contributed by atoms with Crippen molar-refractivity contribution in [3.05, 3.63) is 35.5 Å². The van der Waals surface area contributed by atoms with Crippen LogP contribution in [0.5, 0.6) is 0 Å². The Hall–Kier alpha value is -2.14. The summed E-state index contributed by atoms with van der Waals surface area (Å²) in [5.41, 5.74) is 6.68. The third-order valence-corrected chi connectivity index (χ3v) is 5.04. The fourth-order valence-electron chi connectivity index (χ4n) is 3.27. The first kappa shape index (κ1) is 22.2. The van der Waals surface area contributed by atoms with Crippen LogP contribution in [0.4, 0.5) is 5.69 Å². The minimum atomic E-state index is -0.203. The van der Waals surface area contributed by atoms with Gasteiger partial charge in [0.05, 0.1) is 11.2 Å². The number of nitrogens with zero attached hydrogens (tertiary/aromatic N) is 1. The molecule has 0 saturated heterocycles. The Labute approximate surface area is 172 Å². The number of carbonyl (C=O) groups is 2. The summed E-state index contributed by atoms with van der Waals surface area (Å²) in [5, 5.41) is 4.52. The van der Waals surface area contributed by atoms with Crippen LogP contribution in [0.1, 0.15) is 70.6 Å². The lowest BCUT2D eigenvalue weighted by Crippen LogP contribution is -2.11. The maximum atomic E-state index is 12.2. The van der Waals surface area contributed by atoms with Crippen molar-refractivity contribution < 1.29 is 9.59 Å². The highest BCUT2D eigenvalue weighted by Gasteiger charge is 2.07. The van der Waals surface area contributed by atoms with Crippen LogP contribution in [-0.4, -0.2) is 16.8 Å². The van der Waals surface area contributed by atoms with E-state index in [0.29, 0.717) is 17.9 Å². The second-order valence-electron chi connectivity index (χ2n) is 7.22. The molecule has 2 aromatic rings. The molecule has 0 aliphatic carbocycles. The van der Waals surface area contributed by atoms with Crippen LogP contribution in [0, 0.1) is 0 Å². The quantitative estimate of drug-likeness (QED) is 0.426. The standard InChI is InChI=1S/C22H30ClN3O2/c23-17-12-13-18-19(14-15-25-20(18)16-17)26-22(28)11-9-7-5-3-1-2-4-6-8-10-21(24)27/h12-16H,1-11H2,(H2,24,27)(H,25,26,28). The van der Waals surface area contributed by atoms with Crippen molar-refractivity contribution in [1.29, 1.82) is 0 Å². The molecule has 0 saturated carbocycles. The maximum absolute atomic E-state index is 12.2. The number of hydrogen-bond donors (Lipinski definition) is 2. The molecule has 0 aliphatic rings. The number of hydrogen-bond acceptors (Lipinski definition) is 3. The van der Waals surface area contributed by atoms with Gasteiger partial charge in [0.15, 0.2) is 0 Å². The number of unbranched alkanes of at least 4 members (excludes halogenated alkanes) is 8. The predicted octanol–water partition coefficient (Wildman–Crippen LogP) is 5.60. The second kappa shape index (κ2) is 12.3. The molecule has 3 N–H and O–H groups in total. The van der Waals surface area contributed by atoms with E-state index in [1.54, 1.807) is 18.3 Å². The Kier molecular flexibility index (Phi) is 9.77. The molecule has 2 amide bonds. The van der Waals surface area contributed by atoms with Gasteiger partial charge in [-0.25, -0.2) is 0 Å². The van der Waals surface area contributed by atoms with Gasteiger partial charge in [-0.2, -0.15) is 0 Å². The van der Waals surface area contributed by atoms with E-state index < -0.39 is 0 Å². The summed E-state index contributed by atoms with van der Waals surface area (Å²) in [6.45, 7) is 0. The Morgan fingerprint density at radius 3 is 2.14 bits per heavy atom. The van der Waals surface area contributed by atoms with Crippen molar-refractivity contribution >= 4 is 40.0 Å². The lowest BCUT2D eigenvalue weighted by molar-refractivity contribution is -0.118. The van der Waals surface area contributed by atoms with Crippen LogP contribution in [-0.2, 0) is 9.59 Å². The smallest absolute Gasteiger partial charge is 0.224 e. The molecular weight excluding hydrogens is 374 g/mol. The molecular formula is C22H30ClN3O2. The number of aromatic nitrogens is 1. The number of carbonyl (C=O) groups excluding carboxylic acids is 2. The third-order valence-electron chi connectivity index (χ3n) is 4.81. The average molecular weight is 404 g/mol. The molecule has 5 nitrogen and oxygen atoms in total. The first-order valence-corrected chi connectivity index (χ1v) is 10.6. The van der Waals surface area contributed by atoms with Crippen molar-refractivity contribution in [3.63, 3.8) is 0 Å². The maximum Gasteiger partial charge on any atom is 0.224 e. The van der Waals surface area contributed by atoms with E-state index >= 15 is 0 Å². The fourth-order valence-corrected chi connectivity index (χ4v) is 3.43. The van der Waals surface area contributed by atoms with Crippen molar-refractivity contribution in [3.8, 4) is 0 Å². The number of anilines is 1. The molecule has 2 rings (SSSR count). The highest BCUT2D eigenvalue weighted by molar-refractivity contribution is 6.31. The van der Waals surface area contributed by atoms with Gasteiger partial charge in [-0.3, -0.25) is 14.6 Å². The van der Waals surface area contributed by atoms with Crippen molar-refractivity contribution in [1.82, 2.24) is 4.98 Å². The lowest BCUT2D eigenvalue weighted by atomic mass is 10.1. The lowest BCUT2D eigenvalue weighted by Gasteiger charge is -2.08. The number of amides is 2. The minimum absolute atomic E-state index is 0.0388. The molecule has 0 fully saturated rings. The normalized spacial score (nSPS) is 10.9. The van der Waals surface area contributed by atoms with E-state index in [2.05, 4.69) is 10.3 Å². The van der Waals surface area contributed by atoms with Crippen LogP contribution in [0.25, 0.3) is 10.9 Å². The Balaban J connectivity index is 1.56. The first-order valence-electron chi connectivity index (χ1n) is 10.2. The summed E-state index contributed by atoms with van der Waals surface area (Å²) in [6.07, 6.45) is 12.6. The molecule has 1 heterocycles. The molecule has 28 heavy (non-hydrogen) atoms. The van der Waals surface area contributed by atoms with E-state index in [0.717, 1.165) is 48.7 Å². The summed E-state index contributed by atoms with van der Waals surface area (Å²) < 4.78 is 0. The molecule has 0 bridgehead atoms. The molecule has 0 atom stereocenters. The largest absolute Gasteiger partial charge is 0.370 e. The first-order chi connectivity index (χ1) is 13.6. The van der Waals surface area contributed by atoms with Gasteiger partial charge in [-0.15, -0.1) is 0 Å². The van der Waals surface area contributed by atoms with Gasteiger partial charge in [0.1, 0.15) is 0 Å². The number of pyridine rings is 1. The fraction of sp³-hybridized carbons (Fsp3) is 0.500. The van der Waals surface area contributed by atoms with Crippen molar-refractivity contribution in [2.75, 3.05) is 5.32 Å². The van der Waals surface area contributed by atoms with Gasteiger partial charge in [0, 0.05) is 29.4 Å². The summed E-state index contributed by atoms with van der Waals surface area (Å²) in [4.78, 5) is 27.1. The zero-order chi connectivity index (χ0) is 20.2. The number of primary amides is 1. The van der Waals surface area contributed by atoms with Gasteiger partial charge in [0.2, 0.25) is 11.8 Å². The third kappa shape index (κ3) is 8.26. The number of nitrogens with two attached hydrogens (primary N) is 1. The molecule has 0 unspecified atom stereocenters. The summed E-state index contributed by atoms with van der Waals surface area (Å²) in [5.74, 6) is -0.164. The summed E-state index contributed by atoms with van der Waals surface area (Å²) >= 11 is 6.00. The van der Waals surface area contributed by atoms with Gasteiger partial charge in [-0.1, -0.05) is 56.5 Å². The van der Waals surface area contributed by atoms with Crippen LogP contribution >= 0.6 is 11.6 Å². The van der Waals surface area contributed by atoms with E-state index in [9.17, 15) is 9.59 Å². The van der Waals surface area contributed by atoms with Crippen LogP contribution < -0.4 is 11.1 Å². The van der Waals surface area contributed by atoms with Gasteiger partial charge >= 0.3 is 0 Å². The highest BCUT2D eigenvalue weighted by Crippen LogP contribution is 2.24. The molecule has 6 heteroatoms. The second-order valence-corrected chi connectivity index (χ2v) is 7.65. The zero-order valence-corrected chi connectivity index (χ0v) is 17.1. The van der Waals surface area contributed by atoms with Crippen LogP contribution in [0.3, 0.4) is 0 Å². The monoisotopic (exact) mass is 403 g/mol. The van der Waals surface area contributed by atoms with E-state index in [1.807, 2.05) is 12.1 Å². The van der Waals surface area contributed by atoms with Crippen LogP contribution in [0.2, 0.25) is 5.02 Å². The number of benzene rings is 1. The summed E-state index contributed by atoms with van der Waals surface area (Å²) in [6, 6.07) is 7.30. The van der Waals surface area contributed by atoms with Crippen molar-refractivity contribution in [2.24, 2.45) is 5.73 Å². The number of fused-ring (bicyclic) bond motifs is 1. The average Bonchev–Trinajstić information content (AvgIpc) is 2.65. The van der Waals surface area contributed by atoms with Gasteiger partial charge in [0.25, 0.3) is 0 Å². The SMILES string of the molecule is NC(=O)CCCCCCCCCCCC(=O)Nc1ccnc2cc(Cl)ccc12. The van der Waals surface area contributed by atoms with Gasteiger partial charge in [-0.05, 0) is 37.1 Å². The topological polar surface area (TPSA) is 85.1 Å². The molecule has 0 aliphatic heterocycles. The molecule has 0 radical (unpaired) electrons. The number of nitrogens with one attached hydrogen (secondary N) is 1. The van der Waals surface area contributed by atoms with Gasteiger partial charge < -0.3 is 11.1 Å². The van der Waals surface area contributed by atoms with E-state index in [-0.39, 0.29) is 11.8 Å². The number of halogens is 1. The summed E-state index contributed by atoms with van der Waals surface area (Å²) in [7, 11) is 0. The van der Waals surface area contributed by atoms with E-state index in [4.69, 9.17) is 17.3 Å². The number of rotatable bonds is 13. The molecule has 1 aromatic carbocycles. The molecule has 152 valence electrons. The molecule has 0 spiro atoms. The zero-order valence-electron chi connectivity index (χ0n) is 16.4. The Morgan fingerprint density at radius 1 is 0.893 bits per heavy atom. The van der Waals surface area contributed by atoms with Crippen molar-refractivity contribution in [2.45, 2.75) is 70.6 Å². The minimum Gasteiger partial charge on any atom is -0.370 e. The predicted molar refractivity (Wildman–Crippen MR) is 115 cm³/mol. The van der Waals surface area contributed by atoms with Crippen LogP contribution in [0.15, 0.2) is 30.5 Å². The highest BCUT2D eigenvalue weighted by atomic mass is 35.5. The Bertz CT molecular complexity index is 779. The molecule has 1 aromatic heterocycles. The van der Waals surface area contributed by atoms with E-state index in [1.165, 1.54) is 25.7 Å².